The largest absolute Gasteiger partial charge is 0.497 e. The van der Waals surface area contributed by atoms with Crippen LogP contribution in [0.5, 0.6) is 11.5 Å². The van der Waals surface area contributed by atoms with Gasteiger partial charge in [0.05, 0.1) is 19.9 Å². The van der Waals surface area contributed by atoms with E-state index in [0.29, 0.717) is 34.8 Å². The van der Waals surface area contributed by atoms with E-state index < -0.39 is 0 Å². The molecule has 7 heteroatoms. The smallest absolute Gasteiger partial charge is 0.269 e. The molecule has 1 amide bonds. The number of methoxy groups -OCH3 is 2. The van der Waals surface area contributed by atoms with Crippen LogP contribution >= 0.6 is 0 Å². The molecule has 156 valence electrons. The maximum absolute atomic E-state index is 12.7. The van der Waals surface area contributed by atoms with Gasteiger partial charge in [0.2, 0.25) is 0 Å². The molecule has 7 nitrogen and oxygen atoms in total. The standard InChI is InChI=1S/C22H30N4O3/c1-28-16-8-9-21(29-2)17(12-16)18-13-19(25-24-18)22(27)23-14-15-6-5-11-26-10-4-3-7-20(15)26/h8-9,12-13,15,20H,3-7,10-11,14H2,1-2H3,(H,23,27)(H,24,25)/t15-,20-/m1/s1. The fourth-order valence-corrected chi connectivity index (χ4v) is 4.72. The van der Waals surface area contributed by atoms with Crippen molar-refractivity contribution < 1.29 is 14.3 Å². The van der Waals surface area contributed by atoms with Gasteiger partial charge in [0, 0.05) is 18.2 Å². The first-order chi connectivity index (χ1) is 14.2. The number of fused-ring (bicyclic) bond motifs is 1. The zero-order valence-corrected chi connectivity index (χ0v) is 17.2. The number of benzene rings is 1. The third-order valence-corrected chi connectivity index (χ3v) is 6.26. The number of hydrogen-bond donors (Lipinski definition) is 2. The number of piperidine rings is 2. The lowest BCUT2D eigenvalue weighted by Gasteiger charge is -2.44. The fraction of sp³-hybridized carbons (Fsp3) is 0.545. The second-order valence-electron chi connectivity index (χ2n) is 7.94. The zero-order valence-electron chi connectivity index (χ0n) is 17.2. The highest BCUT2D eigenvalue weighted by Crippen LogP contribution is 2.33. The van der Waals surface area contributed by atoms with Gasteiger partial charge in [0.25, 0.3) is 5.91 Å². The zero-order chi connectivity index (χ0) is 20.2. The average molecular weight is 399 g/mol. The van der Waals surface area contributed by atoms with Crippen molar-refractivity contribution in [2.24, 2.45) is 5.92 Å². The van der Waals surface area contributed by atoms with Crippen LogP contribution in [0.1, 0.15) is 42.6 Å². The Bertz CT molecular complexity index is 848. The highest BCUT2D eigenvalue weighted by atomic mass is 16.5. The number of amides is 1. The summed E-state index contributed by atoms with van der Waals surface area (Å²) in [5.74, 6) is 1.82. The van der Waals surface area contributed by atoms with Gasteiger partial charge in [-0.05, 0) is 69.0 Å². The van der Waals surface area contributed by atoms with Gasteiger partial charge in [-0.1, -0.05) is 6.42 Å². The molecule has 2 aromatic rings. The Hall–Kier alpha value is -2.54. The first kappa shape index (κ1) is 19.8. The molecule has 0 saturated carbocycles. The van der Waals surface area contributed by atoms with Gasteiger partial charge in [-0.15, -0.1) is 0 Å². The molecule has 0 unspecified atom stereocenters. The summed E-state index contributed by atoms with van der Waals surface area (Å²) in [4.78, 5) is 15.3. The van der Waals surface area contributed by atoms with Crippen LogP contribution in [0, 0.1) is 5.92 Å². The topological polar surface area (TPSA) is 79.5 Å². The number of nitrogens with one attached hydrogen (secondary N) is 2. The Morgan fingerprint density at radius 2 is 2.03 bits per heavy atom. The Kier molecular flexibility index (Phi) is 6.04. The average Bonchev–Trinajstić information content (AvgIpc) is 3.27. The summed E-state index contributed by atoms with van der Waals surface area (Å²) in [6.07, 6.45) is 6.28. The minimum atomic E-state index is -0.112. The number of rotatable bonds is 6. The molecule has 29 heavy (non-hydrogen) atoms. The molecule has 1 aromatic heterocycles. The first-order valence-electron chi connectivity index (χ1n) is 10.5. The second-order valence-corrected chi connectivity index (χ2v) is 7.94. The summed E-state index contributed by atoms with van der Waals surface area (Å²) in [6.45, 7) is 3.14. The van der Waals surface area contributed by atoms with Crippen molar-refractivity contribution in [2.75, 3.05) is 33.9 Å². The molecule has 1 aromatic carbocycles. The predicted octanol–water partition coefficient (Wildman–Crippen LogP) is 3.09. The second kappa shape index (κ2) is 8.86. The lowest BCUT2D eigenvalue weighted by molar-refractivity contribution is 0.0575. The molecular formula is C22H30N4O3. The summed E-state index contributed by atoms with van der Waals surface area (Å²) in [6, 6.07) is 7.91. The molecular weight excluding hydrogens is 368 g/mol. The number of carbonyl (C=O) groups is 1. The van der Waals surface area contributed by atoms with Crippen molar-refractivity contribution in [3.63, 3.8) is 0 Å². The van der Waals surface area contributed by atoms with Crippen molar-refractivity contribution >= 4 is 5.91 Å². The van der Waals surface area contributed by atoms with Gasteiger partial charge in [0.15, 0.2) is 0 Å². The molecule has 0 bridgehead atoms. The van der Waals surface area contributed by atoms with E-state index in [4.69, 9.17) is 9.47 Å². The molecule has 2 atom stereocenters. The quantitative estimate of drug-likeness (QED) is 0.782. The number of H-pyrrole nitrogens is 1. The van der Waals surface area contributed by atoms with Crippen molar-refractivity contribution in [2.45, 2.75) is 38.1 Å². The highest BCUT2D eigenvalue weighted by molar-refractivity contribution is 5.93. The van der Waals surface area contributed by atoms with Gasteiger partial charge in [-0.25, -0.2) is 0 Å². The Morgan fingerprint density at radius 1 is 1.17 bits per heavy atom. The van der Waals surface area contributed by atoms with E-state index in [1.807, 2.05) is 18.2 Å². The Morgan fingerprint density at radius 3 is 2.86 bits per heavy atom. The number of aromatic amines is 1. The molecule has 3 heterocycles. The summed E-state index contributed by atoms with van der Waals surface area (Å²) < 4.78 is 10.7. The van der Waals surface area contributed by atoms with Crippen molar-refractivity contribution in [3.8, 4) is 22.8 Å². The number of nitrogens with zero attached hydrogens (tertiary/aromatic N) is 2. The number of carbonyl (C=O) groups excluding carboxylic acids is 1. The fourth-order valence-electron chi connectivity index (χ4n) is 4.72. The van der Waals surface area contributed by atoms with Gasteiger partial charge >= 0.3 is 0 Å². The van der Waals surface area contributed by atoms with E-state index >= 15 is 0 Å². The van der Waals surface area contributed by atoms with Crippen molar-refractivity contribution in [3.05, 3.63) is 30.0 Å². The molecule has 0 spiro atoms. The Balaban J connectivity index is 1.42. The Labute approximate surface area is 171 Å². The molecule has 2 aliphatic heterocycles. The van der Waals surface area contributed by atoms with Gasteiger partial charge in [0.1, 0.15) is 17.2 Å². The summed E-state index contributed by atoms with van der Waals surface area (Å²) >= 11 is 0. The monoisotopic (exact) mass is 398 g/mol. The molecule has 2 aliphatic rings. The molecule has 4 rings (SSSR count). The SMILES string of the molecule is COc1ccc(OC)c(-c2cc(C(=O)NC[C@H]3CCCN4CCCC[C@H]34)[nH]n2)c1. The van der Waals surface area contributed by atoms with Crippen LogP contribution in [0.4, 0.5) is 0 Å². The van der Waals surface area contributed by atoms with E-state index in [1.165, 1.54) is 45.2 Å². The maximum atomic E-state index is 12.7. The highest BCUT2D eigenvalue weighted by Gasteiger charge is 2.33. The number of ether oxygens (including phenoxy) is 2. The molecule has 0 aliphatic carbocycles. The van der Waals surface area contributed by atoms with E-state index in [9.17, 15) is 4.79 Å². The van der Waals surface area contributed by atoms with Gasteiger partial charge < -0.3 is 19.7 Å². The molecule has 2 fully saturated rings. The van der Waals surface area contributed by atoms with Crippen LogP contribution in [0.3, 0.4) is 0 Å². The number of aromatic nitrogens is 2. The van der Waals surface area contributed by atoms with Crippen LogP contribution in [0.25, 0.3) is 11.3 Å². The minimum Gasteiger partial charge on any atom is -0.497 e. The van der Waals surface area contributed by atoms with Crippen molar-refractivity contribution in [1.29, 1.82) is 0 Å². The van der Waals surface area contributed by atoms with Gasteiger partial charge in [-0.2, -0.15) is 5.10 Å². The van der Waals surface area contributed by atoms with Crippen molar-refractivity contribution in [1.82, 2.24) is 20.4 Å². The van der Waals surface area contributed by atoms with Crippen LogP contribution < -0.4 is 14.8 Å². The molecule has 2 N–H and O–H groups in total. The lowest BCUT2D eigenvalue weighted by atomic mass is 9.83. The maximum Gasteiger partial charge on any atom is 0.269 e. The number of hydrogen-bond acceptors (Lipinski definition) is 5. The summed E-state index contributed by atoms with van der Waals surface area (Å²) in [5, 5.41) is 10.3. The summed E-state index contributed by atoms with van der Waals surface area (Å²) in [5.41, 5.74) is 1.90. The van der Waals surface area contributed by atoms with E-state index in [-0.39, 0.29) is 5.91 Å². The third-order valence-electron chi connectivity index (χ3n) is 6.26. The summed E-state index contributed by atoms with van der Waals surface area (Å²) in [7, 11) is 3.23. The molecule has 2 saturated heterocycles. The van der Waals surface area contributed by atoms with Crippen LogP contribution in [0.15, 0.2) is 24.3 Å². The predicted molar refractivity (Wildman–Crippen MR) is 111 cm³/mol. The minimum absolute atomic E-state index is 0.112. The van der Waals surface area contributed by atoms with Crippen LogP contribution in [-0.2, 0) is 0 Å². The van der Waals surface area contributed by atoms with Gasteiger partial charge in [-0.3, -0.25) is 9.89 Å². The first-order valence-corrected chi connectivity index (χ1v) is 10.5. The van der Waals surface area contributed by atoms with Crippen LogP contribution in [-0.4, -0.2) is 60.9 Å². The van der Waals surface area contributed by atoms with E-state index in [0.717, 1.165) is 12.1 Å². The van der Waals surface area contributed by atoms with E-state index in [1.54, 1.807) is 20.3 Å². The third kappa shape index (κ3) is 4.24. The van der Waals surface area contributed by atoms with E-state index in [2.05, 4.69) is 20.4 Å². The normalized spacial score (nSPS) is 22.0. The molecule has 0 radical (unpaired) electrons. The lowest BCUT2D eigenvalue weighted by Crippen LogP contribution is -2.51. The van der Waals surface area contributed by atoms with Crippen LogP contribution in [0.2, 0.25) is 0 Å².